The molecular weight excluding hydrogens is 340 g/mol. The lowest BCUT2D eigenvalue weighted by Crippen LogP contribution is -2.45. The van der Waals surface area contributed by atoms with E-state index in [0.717, 1.165) is 18.4 Å². The Kier molecular flexibility index (Phi) is 5.64. The first-order valence-electron chi connectivity index (χ1n) is 8.56. The molecule has 0 N–H and O–H groups in total. The van der Waals surface area contributed by atoms with Crippen LogP contribution in [0.15, 0.2) is 29.2 Å². The van der Waals surface area contributed by atoms with Gasteiger partial charge in [-0.3, -0.25) is 4.18 Å². The van der Waals surface area contributed by atoms with E-state index in [0.29, 0.717) is 5.92 Å². The highest BCUT2D eigenvalue weighted by atomic mass is 32.2. The number of hydrogen-bond donors (Lipinski definition) is 0. The van der Waals surface area contributed by atoms with E-state index in [2.05, 4.69) is 33.9 Å². The van der Waals surface area contributed by atoms with Gasteiger partial charge in [-0.15, -0.1) is 0 Å². The fourth-order valence-electron chi connectivity index (χ4n) is 2.22. The summed E-state index contributed by atoms with van der Waals surface area (Å²) >= 11 is 0. The molecule has 0 heterocycles. The topological polar surface area (TPSA) is 52.6 Å². The van der Waals surface area contributed by atoms with Crippen LogP contribution >= 0.6 is 0 Å². The number of benzene rings is 1. The molecule has 1 aliphatic rings. The van der Waals surface area contributed by atoms with E-state index >= 15 is 0 Å². The molecule has 6 heteroatoms. The molecule has 0 amide bonds. The van der Waals surface area contributed by atoms with Crippen molar-refractivity contribution in [3.05, 3.63) is 29.8 Å². The SMILES string of the molecule is Cc1ccc(S(=O)(=O)OC[C@@H](O[Si](C)(C)C(C)(C)C)C2CC2)cc1. The zero-order valence-electron chi connectivity index (χ0n) is 15.6. The molecule has 0 aromatic heterocycles. The Morgan fingerprint density at radius 1 is 1.17 bits per heavy atom. The number of hydrogen-bond acceptors (Lipinski definition) is 4. The van der Waals surface area contributed by atoms with Crippen LogP contribution in [0, 0.1) is 12.8 Å². The average molecular weight is 371 g/mol. The summed E-state index contributed by atoms with van der Waals surface area (Å²) in [5.41, 5.74) is 1.02. The second-order valence-corrected chi connectivity index (χ2v) is 14.7. The Bertz CT molecular complexity index is 655. The zero-order valence-corrected chi connectivity index (χ0v) is 17.4. The summed E-state index contributed by atoms with van der Waals surface area (Å²) < 4.78 is 36.5. The molecule has 1 saturated carbocycles. The molecule has 0 bridgehead atoms. The maximum absolute atomic E-state index is 12.4. The molecule has 0 aliphatic heterocycles. The second-order valence-electron chi connectivity index (χ2n) is 8.31. The molecule has 1 fully saturated rings. The van der Waals surface area contributed by atoms with E-state index in [4.69, 9.17) is 8.61 Å². The highest BCUT2D eigenvalue weighted by molar-refractivity contribution is 7.86. The van der Waals surface area contributed by atoms with Gasteiger partial charge < -0.3 is 4.43 Å². The van der Waals surface area contributed by atoms with Crippen molar-refractivity contribution in [1.82, 2.24) is 0 Å². The van der Waals surface area contributed by atoms with E-state index in [1.165, 1.54) is 0 Å². The fraction of sp³-hybridized carbons (Fsp3) is 0.667. The van der Waals surface area contributed by atoms with E-state index in [-0.39, 0.29) is 22.6 Å². The molecule has 1 atom stereocenters. The van der Waals surface area contributed by atoms with Gasteiger partial charge in [0.2, 0.25) is 0 Å². The normalized spacial score (nSPS) is 17.8. The van der Waals surface area contributed by atoms with Crippen molar-refractivity contribution in [3.8, 4) is 0 Å². The summed E-state index contributed by atoms with van der Waals surface area (Å²) in [6.07, 6.45) is 2.05. The van der Waals surface area contributed by atoms with Crippen LogP contribution in [-0.2, 0) is 18.7 Å². The Hall–Kier alpha value is -0.693. The third-order valence-electron chi connectivity index (χ3n) is 5.10. The monoisotopic (exact) mass is 370 g/mol. The van der Waals surface area contributed by atoms with Crippen molar-refractivity contribution in [3.63, 3.8) is 0 Å². The van der Waals surface area contributed by atoms with Gasteiger partial charge in [-0.2, -0.15) is 8.42 Å². The quantitative estimate of drug-likeness (QED) is 0.524. The first kappa shape index (κ1) is 19.6. The maximum Gasteiger partial charge on any atom is 0.297 e. The second kappa shape index (κ2) is 6.90. The van der Waals surface area contributed by atoms with Crippen molar-refractivity contribution in [2.24, 2.45) is 5.92 Å². The van der Waals surface area contributed by atoms with Gasteiger partial charge in [0.05, 0.1) is 17.6 Å². The third kappa shape index (κ3) is 4.91. The average Bonchev–Trinajstić information content (AvgIpc) is 3.27. The van der Waals surface area contributed by atoms with Gasteiger partial charge in [0.1, 0.15) is 0 Å². The lowest BCUT2D eigenvalue weighted by molar-refractivity contribution is 0.100. The smallest absolute Gasteiger partial charge is 0.297 e. The van der Waals surface area contributed by atoms with Gasteiger partial charge in [-0.25, -0.2) is 0 Å². The predicted molar refractivity (Wildman–Crippen MR) is 99.1 cm³/mol. The molecule has 1 aromatic rings. The summed E-state index contributed by atoms with van der Waals surface area (Å²) in [7, 11) is -5.68. The van der Waals surface area contributed by atoms with E-state index in [9.17, 15) is 8.42 Å². The molecular formula is C18H30O4SSi. The van der Waals surface area contributed by atoms with Crippen molar-refractivity contribution in [1.29, 1.82) is 0 Å². The minimum atomic E-state index is -3.73. The van der Waals surface area contributed by atoms with Crippen LogP contribution in [0.4, 0.5) is 0 Å². The van der Waals surface area contributed by atoms with Crippen LogP contribution in [0.3, 0.4) is 0 Å². The van der Waals surface area contributed by atoms with Crippen molar-refractivity contribution < 1.29 is 17.0 Å². The summed E-state index contributed by atoms with van der Waals surface area (Å²) in [4.78, 5) is 0.204. The lowest BCUT2D eigenvalue weighted by Gasteiger charge is -2.39. The Balaban J connectivity index is 2.05. The molecule has 4 nitrogen and oxygen atoms in total. The Labute approximate surface area is 147 Å². The van der Waals surface area contributed by atoms with Gasteiger partial charge in [0, 0.05) is 0 Å². The van der Waals surface area contributed by atoms with E-state index in [1.807, 2.05) is 6.92 Å². The summed E-state index contributed by atoms with van der Waals surface area (Å²) in [6.45, 7) is 13.0. The highest BCUT2D eigenvalue weighted by Crippen LogP contribution is 2.42. The molecule has 0 radical (unpaired) electrons. The van der Waals surface area contributed by atoms with Crippen LogP contribution in [0.1, 0.15) is 39.2 Å². The van der Waals surface area contributed by atoms with Crippen molar-refractivity contribution in [2.45, 2.75) is 69.7 Å². The molecule has 0 saturated heterocycles. The van der Waals surface area contributed by atoms with Crippen molar-refractivity contribution >= 4 is 18.4 Å². The van der Waals surface area contributed by atoms with Crippen LogP contribution in [0.2, 0.25) is 18.1 Å². The summed E-state index contributed by atoms with van der Waals surface area (Å²) in [6, 6.07) is 6.73. The van der Waals surface area contributed by atoms with Crippen LogP contribution in [0.5, 0.6) is 0 Å². The standard InChI is InChI=1S/C18H30O4SSi/c1-14-7-11-16(12-8-14)23(19,20)21-13-17(15-9-10-15)22-24(5,6)18(2,3)4/h7-8,11-12,15,17H,9-10,13H2,1-6H3/t17-/m1/s1. The molecule has 2 rings (SSSR count). The Morgan fingerprint density at radius 3 is 2.17 bits per heavy atom. The van der Waals surface area contributed by atoms with Gasteiger partial charge in [0.15, 0.2) is 8.32 Å². The molecule has 24 heavy (non-hydrogen) atoms. The minimum absolute atomic E-state index is 0.0932. The number of aryl methyl sites for hydroxylation is 1. The maximum atomic E-state index is 12.4. The van der Waals surface area contributed by atoms with E-state index in [1.54, 1.807) is 24.3 Å². The third-order valence-corrected chi connectivity index (χ3v) is 10.9. The molecule has 136 valence electrons. The summed E-state index contributed by atoms with van der Waals surface area (Å²) in [5.74, 6) is 0.423. The predicted octanol–water partition coefficient (Wildman–Crippen LogP) is 4.50. The van der Waals surface area contributed by atoms with Crippen LogP contribution in [-0.4, -0.2) is 29.4 Å². The lowest BCUT2D eigenvalue weighted by atomic mass is 10.2. The van der Waals surface area contributed by atoms with Crippen LogP contribution < -0.4 is 0 Å². The van der Waals surface area contributed by atoms with Gasteiger partial charge >= 0.3 is 0 Å². The fourth-order valence-corrected chi connectivity index (χ4v) is 4.51. The number of rotatable bonds is 7. The molecule has 0 unspecified atom stereocenters. The Morgan fingerprint density at radius 2 is 1.71 bits per heavy atom. The molecule has 0 spiro atoms. The van der Waals surface area contributed by atoms with Crippen molar-refractivity contribution in [2.75, 3.05) is 6.61 Å². The largest absolute Gasteiger partial charge is 0.411 e. The summed E-state index contributed by atoms with van der Waals surface area (Å²) in [5, 5.41) is 0.0932. The van der Waals surface area contributed by atoms with E-state index < -0.39 is 18.4 Å². The first-order valence-corrected chi connectivity index (χ1v) is 12.9. The molecule has 1 aliphatic carbocycles. The van der Waals surface area contributed by atoms with Gasteiger partial charge in [-0.1, -0.05) is 38.5 Å². The van der Waals surface area contributed by atoms with Crippen LogP contribution in [0.25, 0.3) is 0 Å². The highest BCUT2D eigenvalue weighted by Gasteiger charge is 2.43. The van der Waals surface area contributed by atoms with Gasteiger partial charge in [-0.05, 0) is 55.9 Å². The zero-order chi connectivity index (χ0) is 18.2. The first-order chi connectivity index (χ1) is 10.9. The minimum Gasteiger partial charge on any atom is -0.411 e. The molecule has 1 aromatic carbocycles. The van der Waals surface area contributed by atoms with Gasteiger partial charge in [0.25, 0.3) is 10.1 Å².